The van der Waals surface area contributed by atoms with Crippen molar-refractivity contribution in [2.75, 3.05) is 4.72 Å². The molecule has 5 nitrogen and oxygen atoms in total. The number of hydrogen-bond acceptors (Lipinski definition) is 6. The first-order chi connectivity index (χ1) is 15.6. The number of carbonyl (C=O) groups is 1. The summed E-state index contributed by atoms with van der Waals surface area (Å²) in [5.74, 6) is -0.433. The fourth-order valence-corrected chi connectivity index (χ4v) is 5.41. The van der Waals surface area contributed by atoms with Gasteiger partial charge < -0.3 is 9.83 Å². The van der Waals surface area contributed by atoms with Gasteiger partial charge in [0, 0.05) is 28.4 Å². The lowest BCUT2D eigenvalue weighted by Crippen LogP contribution is -2.00. The number of hydrogen-bond donors (Lipinski definition) is 2. The van der Waals surface area contributed by atoms with Crippen molar-refractivity contribution >= 4 is 46.7 Å². The van der Waals surface area contributed by atoms with Crippen LogP contribution in [0.5, 0.6) is 0 Å². The average molecular weight is 480 g/mol. The van der Waals surface area contributed by atoms with Gasteiger partial charge >= 0.3 is 5.97 Å². The maximum Gasteiger partial charge on any atom is 0.335 e. The molecule has 0 amide bonds. The highest BCUT2D eigenvalue weighted by Crippen LogP contribution is 2.45. The molecule has 0 saturated heterocycles. The second kappa shape index (κ2) is 8.94. The van der Waals surface area contributed by atoms with Gasteiger partial charge in [0.05, 0.1) is 26.8 Å². The second-order valence-corrected chi connectivity index (χ2v) is 9.59. The van der Waals surface area contributed by atoms with Crippen LogP contribution in [0.4, 0.5) is 5.69 Å². The lowest BCUT2D eigenvalue weighted by atomic mass is 10.0. The molecular weight excluding hydrogens is 462 g/mol. The molecule has 5 rings (SSSR count). The Hall–Kier alpha value is -2.87. The SMILES string of the molecule is O=C(O)c1ccc(C2CC2)c(SNc2cc(-c3ccns3)c(Cl)cc2-c2ccccn2)c1. The van der Waals surface area contributed by atoms with E-state index in [1.807, 2.05) is 42.5 Å². The van der Waals surface area contributed by atoms with Crippen LogP contribution in [-0.2, 0) is 0 Å². The quantitative estimate of drug-likeness (QED) is 0.272. The van der Waals surface area contributed by atoms with Gasteiger partial charge in [-0.15, -0.1) is 0 Å². The summed E-state index contributed by atoms with van der Waals surface area (Å²) in [6.07, 6.45) is 5.77. The maximum atomic E-state index is 11.5. The highest BCUT2D eigenvalue weighted by Gasteiger charge is 2.27. The standard InChI is InChI=1S/C24H18ClN3O2S2/c25-19-12-18(20-3-1-2-9-26-20)21(13-17(19)22-8-10-27-31-22)28-32-23-11-15(24(29)30)6-7-16(23)14-4-5-14/h1-3,6-14,28H,4-5H2,(H,29,30). The molecule has 2 heterocycles. The van der Waals surface area contributed by atoms with Crippen LogP contribution >= 0.6 is 35.1 Å². The van der Waals surface area contributed by atoms with Crippen molar-refractivity contribution in [3.8, 4) is 21.7 Å². The van der Waals surface area contributed by atoms with Crippen molar-refractivity contribution < 1.29 is 9.90 Å². The van der Waals surface area contributed by atoms with Gasteiger partial charge in [-0.1, -0.05) is 23.7 Å². The number of carboxylic acid groups (broad SMARTS) is 1. The topological polar surface area (TPSA) is 75.1 Å². The molecule has 8 heteroatoms. The largest absolute Gasteiger partial charge is 0.478 e. The first-order valence-corrected chi connectivity index (χ1v) is 12.0. The minimum Gasteiger partial charge on any atom is -0.478 e. The van der Waals surface area contributed by atoms with Gasteiger partial charge in [-0.2, -0.15) is 0 Å². The van der Waals surface area contributed by atoms with Crippen LogP contribution in [0.2, 0.25) is 5.02 Å². The zero-order valence-electron chi connectivity index (χ0n) is 16.8. The van der Waals surface area contributed by atoms with E-state index in [0.717, 1.165) is 45.1 Å². The number of carboxylic acids is 1. The van der Waals surface area contributed by atoms with Crippen LogP contribution in [0.1, 0.15) is 34.7 Å². The summed E-state index contributed by atoms with van der Waals surface area (Å²) in [5, 5.41) is 10.1. The fraction of sp³-hybridized carbons (Fsp3) is 0.125. The van der Waals surface area contributed by atoms with Crippen molar-refractivity contribution in [2.24, 2.45) is 0 Å². The van der Waals surface area contributed by atoms with Gasteiger partial charge in [-0.25, -0.2) is 9.17 Å². The van der Waals surface area contributed by atoms with Crippen molar-refractivity contribution in [1.29, 1.82) is 0 Å². The van der Waals surface area contributed by atoms with Gasteiger partial charge in [-0.05, 0) is 90.3 Å². The van der Waals surface area contributed by atoms with Crippen molar-refractivity contribution in [1.82, 2.24) is 9.36 Å². The van der Waals surface area contributed by atoms with E-state index >= 15 is 0 Å². The maximum absolute atomic E-state index is 11.5. The summed E-state index contributed by atoms with van der Waals surface area (Å²) in [7, 11) is 0. The van der Waals surface area contributed by atoms with Gasteiger partial charge in [0.15, 0.2) is 0 Å². The molecule has 1 saturated carbocycles. The molecule has 0 unspecified atom stereocenters. The molecule has 0 spiro atoms. The van der Waals surface area contributed by atoms with E-state index in [4.69, 9.17) is 11.6 Å². The van der Waals surface area contributed by atoms with Crippen molar-refractivity contribution in [3.05, 3.63) is 83.1 Å². The Morgan fingerprint density at radius 1 is 1.09 bits per heavy atom. The number of aromatic carboxylic acids is 1. The number of halogens is 1. The first-order valence-electron chi connectivity index (χ1n) is 10.1. The molecule has 0 atom stereocenters. The third-order valence-electron chi connectivity index (χ3n) is 5.30. The lowest BCUT2D eigenvalue weighted by molar-refractivity contribution is 0.0696. The summed E-state index contributed by atoms with van der Waals surface area (Å²) >= 11 is 9.45. The highest BCUT2D eigenvalue weighted by molar-refractivity contribution is 8.00. The van der Waals surface area contributed by atoms with Gasteiger partial charge in [0.25, 0.3) is 0 Å². The Labute approximate surface area is 198 Å². The molecule has 0 bridgehead atoms. The molecule has 1 fully saturated rings. The molecular formula is C24H18ClN3O2S2. The Morgan fingerprint density at radius 2 is 1.97 bits per heavy atom. The average Bonchev–Trinajstić information content (AvgIpc) is 3.52. The van der Waals surface area contributed by atoms with E-state index in [1.165, 1.54) is 29.0 Å². The summed E-state index contributed by atoms with van der Waals surface area (Å²) in [6.45, 7) is 0. The summed E-state index contributed by atoms with van der Waals surface area (Å²) in [5.41, 5.74) is 4.88. The molecule has 32 heavy (non-hydrogen) atoms. The molecule has 0 aliphatic heterocycles. The number of anilines is 1. The zero-order chi connectivity index (χ0) is 22.1. The number of aromatic nitrogens is 2. The number of nitrogens with zero attached hydrogens (tertiary/aromatic N) is 2. The Kier molecular flexibility index (Phi) is 5.87. The van der Waals surface area contributed by atoms with Crippen LogP contribution in [0.25, 0.3) is 21.7 Å². The third-order valence-corrected chi connectivity index (χ3v) is 7.29. The summed E-state index contributed by atoms with van der Waals surface area (Å²) < 4.78 is 7.65. The summed E-state index contributed by atoms with van der Waals surface area (Å²) in [6, 6.07) is 17.0. The van der Waals surface area contributed by atoms with E-state index in [9.17, 15) is 9.90 Å². The van der Waals surface area contributed by atoms with Crippen LogP contribution in [0, 0.1) is 0 Å². The van der Waals surface area contributed by atoms with Crippen LogP contribution in [0.15, 0.2) is 71.9 Å². The predicted octanol–water partition coefficient (Wildman–Crippen LogP) is 7.22. The van der Waals surface area contributed by atoms with Gasteiger partial charge in [-0.3, -0.25) is 4.98 Å². The van der Waals surface area contributed by atoms with Crippen LogP contribution in [-0.4, -0.2) is 20.4 Å². The zero-order valence-corrected chi connectivity index (χ0v) is 19.2. The molecule has 160 valence electrons. The highest BCUT2D eigenvalue weighted by atomic mass is 35.5. The molecule has 2 aromatic heterocycles. The molecule has 0 radical (unpaired) electrons. The van der Waals surface area contributed by atoms with E-state index in [-0.39, 0.29) is 5.56 Å². The molecule has 2 N–H and O–H groups in total. The molecule has 2 aromatic carbocycles. The number of rotatable bonds is 7. The van der Waals surface area contributed by atoms with Crippen LogP contribution < -0.4 is 4.72 Å². The first kappa shape index (κ1) is 21.0. The van der Waals surface area contributed by atoms with Gasteiger partial charge in [0.1, 0.15) is 0 Å². The summed E-state index contributed by atoms with van der Waals surface area (Å²) in [4.78, 5) is 17.9. The monoisotopic (exact) mass is 479 g/mol. The van der Waals surface area contributed by atoms with Crippen molar-refractivity contribution in [3.63, 3.8) is 0 Å². The Morgan fingerprint density at radius 3 is 2.66 bits per heavy atom. The second-order valence-electron chi connectivity index (χ2n) is 7.51. The van der Waals surface area contributed by atoms with E-state index < -0.39 is 5.97 Å². The minimum atomic E-state index is -0.928. The van der Waals surface area contributed by atoms with E-state index in [1.54, 1.807) is 24.5 Å². The number of benzene rings is 2. The van der Waals surface area contributed by atoms with E-state index in [0.29, 0.717) is 10.9 Å². The molecule has 4 aromatic rings. The Balaban J connectivity index is 1.55. The van der Waals surface area contributed by atoms with Gasteiger partial charge in [0.2, 0.25) is 0 Å². The normalized spacial score (nSPS) is 13.2. The number of nitrogens with one attached hydrogen (secondary N) is 1. The smallest absolute Gasteiger partial charge is 0.335 e. The fourth-order valence-electron chi connectivity index (χ4n) is 3.53. The molecule has 1 aliphatic rings. The predicted molar refractivity (Wildman–Crippen MR) is 131 cm³/mol. The lowest BCUT2D eigenvalue weighted by Gasteiger charge is -2.16. The molecule has 1 aliphatic carbocycles. The minimum absolute atomic E-state index is 0.283. The third kappa shape index (κ3) is 4.37. The van der Waals surface area contributed by atoms with Crippen LogP contribution in [0.3, 0.4) is 0 Å². The Bertz CT molecular complexity index is 1280. The van der Waals surface area contributed by atoms with E-state index in [2.05, 4.69) is 14.1 Å². The number of pyridine rings is 1. The van der Waals surface area contributed by atoms with Crippen molar-refractivity contribution in [2.45, 2.75) is 23.7 Å².